The average molecular weight is 333 g/mol. The molecule has 1 aromatic carbocycles. The predicted molar refractivity (Wildman–Crippen MR) is 74.8 cm³/mol. The molecule has 2 rings (SSSR count). The Balaban J connectivity index is 2.21. The van der Waals surface area contributed by atoms with Gasteiger partial charge in [0.15, 0.2) is 9.84 Å². The zero-order valence-electron chi connectivity index (χ0n) is 10.1. The van der Waals surface area contributed by atoms with Gasteiger partial charge >= 0.3 is 0 Å². The van der Waals surface area contributed by atoms with E-state index in [0.717, 1.165) is 12.8 Å². The highest BCUT2D eigenvalue weighted by molar-refractivity contribution is 9.09. The Bertz CT molecular complexity index is 478. The van der Waals surface area contributed by atoms with Gasteiger partial charge in [-0.1, -0.05) is 34.1 Å². The van der Waals surface area contributed by atoms with Crippen molar-refractivity contribution in [2.24, 2.45) is 5.41 Å². The van der Waals surface area contributed by atoms with Crippen LogP contribution in [0.15, 0.2) is 35.2 Å². The molecule has 1 aliphatic heterocycles. The maximum absolute atomic E-state index is 12.4. The lowest BCUT2D eigenvalue weighted by atomic mass is 9.85. The van der Waals surface area contributed by atoms with E-state index < -0.39 is 9.84 Å². The van der Waals surface area contributed by atoms with E-state index in [1.165, 1.54) is 0 Å². The van der Waals surface area contributed by atoms with Crippen LogP contribution in [0.1, 0.15) is 12.8 Å². The molecule has 0 amide bonds. The van der Waals surface area contributed by atoms with Gasteiger partial charge in [-0.3, -0.25) is 0 Å². The molecule has 0 bridgehead atoms. The molecule has 0 aromatic heterocycles. The SMILES string of the molecule is O=S(=O)(CC1(CBr)CCOCC1)c1ccccc1. The lowest BCUT2D eigenvalue weighted by molar-refractivity contribution is 0.0367. The fraction of sp³-hybridized carbons (Fsp3) is 0.538. The van der Waals surface area contributed by atoms with Crippen LogP contribution in [0.25, 0.3) is 0 Å². The van der Waals surface area contributed by atoms with Crippen LogP contribution in [0.4, 0.5) is 0 Å². The smallest absolute Gasteiger partial charge is 0.178 e. The molecule has 100 valence electrons. The van der Waals surface area contributed by atoms with Crippen LogP contribution in [0.5, 0.6) is 0 Å². The summed E-state index contributed by atoms with van der Waals surface area (Å²) in [5, 5.41) is 0.704. The molecular formula is C13H17BrO3S. The highest BCUT2D eigenvalue weighted by atomic mass is 79.9. The number of halogens is 1. The Morgan fingerprint density at radius 1 is 1.17 bits per heavy atom. The average Bonchev–Trinajstić information content (AvgIpc) is 2.40. The first-order chi connectivity index (χ1) is 8.58. The van der Waals surface area contributed by atoms with Gasteiger partial charge in [-0.2, -0.15) is 0 Å². The third-order valence-electron chi connectivity index (χ3n) is 3.44. The van der Waals surface area contributed by atoms with Crippen LogP contribution in [-0.4, -0.2) is 32.7 Å². The van der Waals surface area contributed by atoms with Crippen molar-refractivity contribution in [1.29, 1.82) is 0 Å². The summed E-state index contributed by atoms with van der Waals surface area (Å²) in [6, 6.07) is 8.68. The molecule has 3 nitrogen and oxygen atoms in total. The topological polar surface area (TPSA) is 43.4 Å². The van der Waals surface area contributed by atoms with Gasteiger partial charge in [0.05, 0.1) is 10.6 Å². The van der Waals surface area contributed by atoms with Crippen molar-refractivity contribution in [1.82, 2.24) is 0 Å². The number of hydrogen-bond donors (Lipinski definition) is 0. The van der Waals surface area contributed by atoms with Gasteiger partial charge in [-0.25, -0.2) is 8.42 Å². The van der Waals surface area contributed by atoms with E-state index in [1.54, 1.807) is 24.3 Å². The highest BCUT2D eigenvalue weighted by Gasteiger charge is 2.36. The summed E-state index contributed by atoms with van der Waals surface area (Å²) in [4.78, 5) is 0.414. The number of ether oxygens (including phenoxy) is 1. The first-order valence-electron chi connectivity index (χ1n) is 6.00. The Labute approximate surface area is 117 Å². The van der Waals surface area contributed by atoms with E-state index >= 15 is 0 Å². The molecule has 0 radical (unpaired) electrons. The van der Waals surface area contributed by atoms with Gasteiger partial charge in [-0.05, 0) is 30.4 Å². The molecule has 0 saturated carbocycles. The summed E-state index contributed by atoms with van der Waals surface area (Å²) in [7, 11) is -3.22. The fourth-order valence-corrected chi connectivity index (χ4v) is 5.19. The zero-order valence-corrected chi connectivity index (χ0v) is 12.5. The first-order valence-corrected chi connectivity index (χ1v) is 8.77. The fourth-order valence-electron chi connectivity index (χ4n) is 2.24. The lowest BCUT2D eigenvalue weighted by Crippen LogP contribution is -2.37. The molecule has 0 N–H and O–H groups in total. The van der Waals surface area contributed by atoms with Crippen LogP contribution in [0.3, 0.4) is 0 Å². The lowest BCUT2D eigenvalue weighted by Gasteiger charge is -2.35. The summed E-state index contributed by atoms with van der Waals surface area (Å²) >= 11 is 3.47. The van der Waals surface area contributed by atoms with Gasteiger partial charge in [0.1, 0.15) is 0 Å². The van der Waals surface area contributed by atoms with Crippen LogP contribution < -0.4 is 0 Å². The summed E-state index contributed by atoms with van der Waals surface area (Å²) in [6.07, 6.45) is 1.59. The summed E-state index contributed by atoms with van der Waals surface area (Å²) in [6.45, 7) is 1.30. The second-order valence-corrected chi connectivity index (χ2v) is 7.37. The maximum Gasteiger partial charge on any atom is 0.178 e. The van der Waals surface area contributed by atoms with Gasteiger partial charge in [-0.15, -0.1) is 0 Å². The molecule has 1 heterocycles. The van der Waals surface area contributed by atoms with E-state index in [9.17, 15) is 8.42 Å². The van der Waals surface area contributed by atoms with Gasteiger partial charge in [0.2, 0.25) is 0 Å². The highest BCUT2D eigenvalue weighted by Crippen LogP contribution is 2.35. The minimum absolute atomic E-state index is 0.188. The Morgan fingerprint density at radius 3 is 2.33 bits per heavy atom. The van der Waals surface area contributed by atoms with Crippen LogP contribution in [-0.2, 0) is 14.6 Å². The molecule has 1 aliphatic rings. The molecule has 0 spiro atoms. The van der Waals surface area contributed by atoms with E-state index in [2.05, 4.69) is 15.9 Å². The predicted octanol–water partition coefficient (Wildman–Crippen LogP) is 2.65. The molecule has 5 heteroatoms. The quantitative estimate of drug-likeness (QED) is 0.796. The van der Waals surface area contributed by atoms with E-state index in [-0.39, 0.29) is 11.2 Å². The van der Waals surface area contributed by atoms with Gasteiger partial charge < -0.3 is 4.74 Å². The van der Waals surface area contributed by atoms with Crippen LogP contribution in [0, 0.1) is 5.41 Å². The number of hydrogen-bond acceptors (Lipinski definition) is 3. The number of alkyl halides is 1. The third-order valence-corrected chi connectivity index (χ3v) is 6.61. The second kappa shape index (κ2) is 5.72. The minimum atomic E-state index is -3.22. The Hall–Kier alpha value is -0.390. The third kappa shape index (κ3) is 3.13. The van der Waals surface area contributed by atoms with Crippen molar-refractivity contribution in [2.45, 2.75) is 17.7 Å². The van der Waals surface area contributed by atoms with Gasteiger partial charge in [0, 0.05) is 18.5 Å². The monoisotopic (exact) mass is 332 g/mol. The first kappa shape index (κ1) is 14.0. The molecule has 0 unspecified atom stereocenters. The largest absolute Gasteiger partial charge is 0.381 e. The molecule has 0 aliphatic carbocycles. The molecule has 1 saturated heterocycles. The van der Waals surface area contributed by atoms with Crippen LogP contribution >= 0.6 is 15.9 Å². The van der Waals surface area contributed by atoms with E-state index in [0.29, 0.717) is 23.4 Å². The Kier molecular flexibility index (Phi) is 4.45. The molecular weight excluding hydrogens is 316 g/mol. The number of benzene rings is 1. The second-order valence-electron chi connectivity index (χ2n) is 4.82. The zero-order chi connectivity index (χ0) is 13.1. The minimum Gasteiger partial charge on any atom is -0.381 e. The van der Waals surface area contributed by atoms with Crippen molar-refractivity contribution in [3.8, 4) is 0 Å². The molecule has 1 aromatic rings. The normalized spacial score (nSPS) is 19.6. The summed E-state index contributed by atoms with van der Waals surface area (Å²) in [5.74, 6) is 0.193. The Morgan fingerprint density at radius 2 is 1.78 bits per heavy atom. The number of rotatable bonds is 4. The van der Waals surface area contributed by atoms with E-state index in [4.69, 9.17) is 4.74 Å². The summed E-state index contributed by atoms with van der Waals surface area (Å²) in [5.41, 5.74) is -0.188. The maximum atomic E-state index is 12.4. The summed E-state index contributed by atoms with van der Waals surface area (Å²) < 4.78 is 30.1. The van der Waals surface area contributed by atoms with Crippen molar-refractivity contribution in [3.63, 3.8) is 0 Å². The van der Waals surface area contributed by atoms with Crippen molar-refractivity contribution in [2.75, 3.05) is 24.3 Å². The number of sulfone groups is 1. The van der Waals surface area contributed by atoms with E-state index in [1.807, 2.05) is 6.07 Å². The van der Waals surface area contributed by atoms with Crippen molar-refractivity contribution >= 4 is 25.8 Å². The van der Waals surface area contributed by atoms with Gasteiger partial charge in [0.25, 0.3) is 0 Å². The standard InChI is InChI=1S/C13H17BrO3S/c14-10-13(6-8-17-9-7-13)11-18(15,16)12-4-2-1-3-5-12/h1-5H,6-11H2. The molecule has 1 fully saturated rings. The van der Waals surface area contributed by atoms with Crippen molar-refractivity contribution in [3.05, 3.63) is 30.3 Å². The van der Waals surface area contributed by atoms with Crippen molar-refractivity contribution < 1.29 is 13.2 Å². The molecule has 0 atom stereocenters. The molecule has 18 heavy (non-hydrogen) atoms. The van der Waals surface area contributed by atoms with Crippen LogP contribution in [0.2, 0.25) is 0 Å².